The van der Waals surface area contributed by atoms with E-state index >= 15 is 0 Å². The first-order valence-corrected chi connectivity index (χ1v) is 4.44. The molecule has 0 aliphatic carbocycles. The second-order valence-electron chi connectivity index (χ2n) is 1.92. The minimum absolute atomic E-state index is 0.402. The SMILES string of the molecule is [2H]C([2H])([2H])[Se]c1ccc(C)cc1. The summed E-state index contributed by atoms with van der Waals surface area (Å²) in [6.45, 7) is 1.99. The zero-order chi connectivity index (χ0) is 9.19. The molecule has 0 aliphatic heterocycles. The molecule has 0 fully saturated rings. The molecule has 0 bridgehead atoms. The third kappa shape index (κ3) is 1.85. The fourth-order valence-corrected chi connectivity index (χ4v) is 1.18. The first kappa shape index (κ1) is 3.80. The molecule has 0 saturated heterocycles. The molecule has 0 saturated carbocycles. The Balaban J connectivity index is 2.71. The number of aryl methyl sites for hydroxylation is 1. The van der Waals surface area contributed by atoms with Crippen molar-refractivity contribution in [3.8, 4) is 0 Å². The molecule has 0 radical (unpaired) electrons. The molecule has 0 nitrogen and oxygen atoms in total. The number of rotatable bonds is 1. The van der Waals surface area contributed by atoms with Gasteiger partial charge in [0.15, 0.2) is 0 Å². The third-order valence-corrected chi connectivity index (χ3v) is 2.20. The topological polar surface area (TPSA) is 0 Å². The van der Waals surface area contributed by atoms with Crippen molar-refractivity contribution in [2.45, 2.75) is 12.7 Å². The van der Waals surface area contributed by atoms with Crippen LogP contribution in [0.1, 0.15) is 9.68 Å². The summed E-state index contributed by atoms with van der Waals surface area (Å²) in [4.78, 5) is 0. The second kappa shape index (κ2) is 3.05. The van der Waals surface area contributed by atoms with E-state index in [0.29, 0.717) is 0 Å². The Bertz CT molecular complexity index is 250. The summed E-state index contributed by atoms with van der Waals surface area (Å²) >= 11 is -0.402. The van der Waals surface area contributed by atoms with Crippen molar-refractivity contribution in [2.75, 3.05) is 0 Å². The zero-order valence-corrected chi connectivity index (χ0v) is 6.93. The molecular weight excluding hydrogens is 175 g/mol. The van der Waals surface area contributed by atoms with Gasteiger partial charge in [-0.05, 0) is 0 Å². The first-order valence-electron chi connectivity index (χ1n) is 4.23. The molecule has 9 heavy (non-hydrogen) atoms. The Hall–Kier alpha value is -0.261. The van der Waals surface area contributed by atoms with Gasteiger partial charge >= 0.3 is 66.0 Å². The van der Waals surface area contributed by atoms with Crippen LogP contribution in [0.4, 0.5) is 0 Å². The molecule has 0 N–H and O–H groups in total. The summed E-state index contributed by atoms with van der Waals surface area (Å²) < 4.78 is 22.2. The van der Waals surface area contributed by atoms with Crippen molar-refractivity contribution in [2.24, 2.45) is 0 Å². The zero-order valence-electron chi connectivity index (χ0n) is 8.22. The van der Waals surface area contributed by atoms with Crippen molar-refractivity contribution in [3.63, 3.8) is 0 Å². The van der Waals surface area contributed by atoms with Crippen LogP contribution in [0, 0.1) is 6.92 Å². The third-order valence-electron chi connectivity index (χ3n) is 1.14. The van der Waals surface area contributed by atoms with Crippen molar-refractivity contribution < 1.29 is 4.11 Å². The Morgan fingerprint density at radius 3 is 2.56 bits per heavy atom. The average molecular weight is 188 g/mol. The van der Waals surface area contributed by atoms with Crippen molar-refractivity contribution >= 4 is 19.4 Å². The van der Waals surface area contributed by atoms with E-state index in [2.05, 4.69) is 0 Å². The van der Waals surface area contributed by atoms with Gasteiger partial charge in [0.05, 0.1) is 0 Å². The number of hydrogen-bond acceptors (Lipinski definition) is 0. The van der Waals surface area contributed by atoms with Gasteiger partial charge in [-0.3, -0.25) is 0 Å². The number of benzene rings is 1. The molecule has 0 atom stereocenters. The van der Waals surface area contributed by atoms with Gasteiger partial charge < -0.3 is 0 Å². The van der Waals surface area contributed by atoms with E-state index in [1.807, 2.05) is 31.2 Å². The van der Waals surface area contributed by atoms with Crippen LogP contribution in [0.25, 0.3) is 0 Å². The van der Waals surface area contributed by atoms with Gasteiger partial charge in [-0.25, -0.2) is 0 Å². The fraction of sp³-hybridized carbons (Fsp3) is 0.250. The molecule has 0 spiro atoms. The van der Waals surface area contributed by atoms with Gasteiger partial charge in [-0.1, -0.05) is 0 Å². The van der Waals surface area contributed by atoms with Crippen LogP contribution < -0.4 is 4.46 Å². The predicted molar refractivity (Wildman–Crippen MR) is 42.4 cm³/mol. The summed E-state index contributed by atoms with van der Waals surface area (Å²) in [6.07, 6.45) is 0. The van der Waals surface area contributed by atoms with Gasteiger partial charge in [0.1, 0.15) is 0 Å². The Morgan fingerprint density at radius 2 is 2.00 bits per heavy atom. The van der Waals surface area contributed by atoms with Crippen LogP contribution in [0.2, 0.25) is 5.75 Å². The van der Waals surface area contributed by atoms with Gasteiger partial charge in [-0.15, -0.1) is 0 Å². The van der Waals surface area contributed by atoms with Gasteiger partial charge in [0.2, 0.25) is 0 Å². The van der Waals surface area contributed by atoms with E-state index in [4.69, 9.17) is 4.11 Å². The van der Waals surface area contributed by atoms with Crippen LogP contribution in [-0.4, -0.2) is 15.0 Å². The summed E-state index contributed by atoms with van der Waals surface area (Å²) in [5, 5.41) is 0. The van der Waals surface area contributed by atoms with Crippen LogP contribution in [0.15, 0.2) is 24.3 Å². The maximum absolute atomic E-state index is 7.08. The molecule has 1 aromatic rings. The Morgan fingerprint density at radius 1 is 1.33 bits per heavy atom. The molecule has 0 aliphatic rings. The minimum atomic E-state index is -1.79. The molecule has 0 heterocycles. The molecule has 1 aromatic carbocycles. The standard InChI is InChI=1S/C8H10Se/c1-7-3-5-8(9-2)6-4-7/h3-6H,1-2H3/i2D3. The number of hydrogen-bond donors (Lipinski definition) is 0. The van der Waals surface area contributed by atoms with E-state index in [-0.39, 0.29) is 0 Å². The first-order chi connectivity index (χ1) is 5.47. The second-order valence-corrected chi connectivity index (χ2v) is 3.33. The summed E-state index contributed by atoms with van der Waals surface area (Å²) in [7, 11) is 0. The van der Waals surface area contributed by atoms with Crippen LogP contribution >= 0.6 is 0 Å². The maximum atomic E-state index is 7.08. The predicted octanol–water partition coefficient (Wildman–Crippen LogP) is 1.37. The van der Waals surface area contributed by atoms with E-state index < -0.39 is 20.7 Å². The van der Waals surface area contributed by atoms with Crippen LogP contribution in [-0.2, 0) is 0 Å². The molecule has 1 heteroatoms. The summed E-state index contributed by atoms with van der Waals surface area (Å²) in [5.74, 6) is -1.79. The quantitative estimate of drug-likeness (QED) is 0.584. The molecular formula is C8H10Se. The Labute approximate surface area is 66.7 Å². The van der Waals surface area contributed by atoms with Crippen LogP contribution in [0.5, 0.6) is 0 Å². The molecule has 1 rings (SSSR count). The van der Waals surface area contributed by atoms with Gasteiger partial charge in [0, 0.05) is 0 Å². The van der Waals surface area contributed by atoms with E-state index in [1.165, 1.54) is 5.56 Å². The van der Waals surface area contributed by atoms with Gasteiger partial charge in [0.25, 0.3) is 0 Å². The van der Waals surface area contributed by atoms with Crippen molar-refractivity contribution in [1.29, 1.82) is 0 Å². The van der Waals surface area contributed by atoms with Crippen LogP contribution in [0.3, 0.4) is 0 Å². The average Bonchev–Trinajstić information content (AvgIpc) is 1.91. The molecule has 0 aromatic heterocycles. The molecule has 48 valence electrons. The Kier molecular flexibility index (Phi) is 1.29. The summed E-state index contributed by atoms with van der Waals surface area (Å²) in [5.41, 5.74) is 1.17. The van der Waals surface area contributed by atoms with E-state index in [0.717, 1.165) is 4.46 Å². The van der Waals surface area contributed by atoms with E-state index in [9.17, 15) is 0 Å². The molecule has 0 amide bonds. The van der Waals surface area contributed by atoms with Crippen molar-refractivity contribution in [3.05, 3.63) is 29.8 Å². The fourth-order valence-electron chi connectivity index (χ4n) is 0.606. The molecule has 0 unspecified atom stereocenters. The summed E-state index contributed by atoms with van der Waals surface area (Å²) in [6, 6.07) is 7.68. The normalized spacial score (nSPS) is 15.9. The van der Waals surface area contributed by atoms with E-state index in [1.54, 1.807) is 0 Å². The van der Waals surface area contributed by atoms with Crippen molar-refractivity contribution in [1.82, 2.24) is 0 Å². The van der Waals surface area contributed by atoms with Gasteiger partial charge in [-0.2, -0.15) is 0 Å². The monoisotopic (exact) mass is 189 g/mol.